The second-order valence-corrected chi connectivity index (χ2v) is 5.08. The highest BCUT2D eigenvalue weighted by Gasteiger charge is 2.06. The summed E-state index contributed by atoms with van der Waals surface area (Å²) in [5.74, 6) is 0.598. The van der Waals surface area contributed by atoms with Gasteiger partial charge in [-0.25, -0.2) is 0 Å². The van der Waals surface area contributed by atoms with E-state index in [9.17, 15) is 0 Å². The Labute approximate surface area is 114 Å². The first kappa shape index (κ1) is 13.0. The molecule has 0 aliphatic carbocycles. The maximum absolute atomic E-state index is 6.21. The molecule has 0 heterocycles. The standard InChI is InChI=1S/C16H18ClN/c1-3-11(2)12-4-6-13(7-5-12)15-9-8-14(18)10-16(15)17/h4-11H,3,18H2,1-2H3. The van der Waals surface area contributed by atoms with Crippen LogP contribution in [0.4, 0.5) is 5.69 Å². The molecule has 1 unspecified atom stereocenters. The Bertz CT molecular complexity index is 531. The van der Waals surface area contributed by atoms with Crippen LogP contribution in [0.5, 0.6) is 0 Å². The van der Waals surface area contributed by atoms with Crippen LogP contribution in [0.3, 0.4) is 0 Å². The molecule has 1 atom stereocenters. The van der Waals surface area contributed by atoms with Gasteiger partial charge in [0.15, 0.2) is 0 Å². The summed E-state index contributed by atoms with van der Waals surface area (Å²) < 4.78 is 0. The number of nitrogens with two attached hydrogens (primary N) is 1. The van der Waals surface area contributed by atoms with Crippen LogP contribution in [-0.2, 0) is 0 Å². The summed E-state index contributed by atoms with van der Waals surface area (Å²) in [5.41, 5.74) is 9.93. The van der Waals surface area contributed by atoms with Gasteiger partial charge in [-0.1, -0.05) is 55.8 Å². The number of halogens is 1. The largest absolute Gasteiger partial charge is 0.399 e. The van der Waals surface area contributed by atoms with Crippen molar-refractivity contribution in [1.29, 1.82) is 0 Å². The van der Waals surface area contributed by atoms with Crippen molar-refractivity contribution >= 4 is 17.3 Å². The lowest BCUT2D eigenvalue weighted by Gasteiger charge is -2.11. The van der Waals surface area contributed by atoms with Crippen molar-refractivity contribution in [3.63, 3.8) is 0 Å². The van der Waals surface area contributed by atoms with E-state index in [1.165, 1.54) is 5.56 Å². The third kappa shape index (κ3) is 2.68. The molecule has 0 aliphatic rings. The minimum atomic E-state index is 0.598. The van der Waals surface area contributed by atoms with E-state index >= 15 is 0 Å². The number of nitrogen functional groups attached to an aromatic ring is 1. The predicted octanol–water partition coefficient (Wildman–Crippen LogP) is 5.10. The van der Waals surface area contributed by atoms with E-state index in [4.69, 9.17) is 17.3 Å². The molecule has 0 radical (unpaired) electrons. The van der Waals surface area contributed by atoms with Crippen molar-refractivity contribution in [1.82, 2.24) is 0 Å². The Morgan fingerprint density at radius 2 is 1.78 bits per heavy atom. The molecule has 2 rings (SSSR count). The quantitative estimate of drug-likeness (QED) is 0.762. The van der Waals surface area contributed by atoms with Gasteiger partial charge in [0.25, 0.3) is 0 Å². The summed E-state index contributed by atoms with van der Waals surface area (Å²) in [6.07, 6.45) is 1.15. The van der Waals surface area contributed by atoms with Crippen molar-refractivity contribution in [2.24, 2.45) is 0 Å². The van der Waals surface area contributed by atoms with E-state index in [0.717, 1.165) is 17.5 Å². The molecule has 94 valence electrons. The molecular weight excluding hydrogens is 242 g/mol. The van der Waals surface area contributed by atoms with E-state index in [2.05, 4.69) is 38.1 Å². The SMILES string of the molecule is CCC(C)c1ccc(-c2ccc(N)cc2Cl)cc1. The molecule has 2 N–H and O–H groups in total. The molecule has 0 aliphatic heterocycles. The molecule has 0 fully saturated rings. The molecule has 0 saturated heterocycles. The van der Waals surface area contributed by atoms with Crippen LogP contribution in [0.1, 0.15) is 31.7 Å². The van der Waals surface area contributed by atoms with Crippen molar-refractivity contribution in [3.05, 3.63) is 53.1 Å². The fraction of sp³-hybridized carbons (Fsp3) is 0.250. The molecule has 18 heavy (non-hydrogen) atoms. The summed E-state index contributed by atoms with van der Waals surface area (Å²) in [6, 6.07) is 14.2. The first-order valence-corrected chi connectivity index (χ1v) is 6.65. The topological polar surface area (TPSA) is 26.0 Å². The molecule has 0 bridgehead atoms. The average molecular weight is 260 g/mol. The lowest BCUT2D eigenvalue weighted by atomic mass is 9.96. The Hall–Kier alpha value is -1.47. The zero-order chi connectivity index (χ0) is 13.1. The minimum Gasteiger partial charge on any atom is -0.399 e. The summed E-state index contributed by atoms with van der Waals surface area (Å²) in [4.78, 5) is 0. The minimum absolute atomic E-state index is 0.598. The smallest absolute Gasteiger partial charge is 0.0504 e. The van der Waals surface area contributed by atoms with Crippen LogP contribution in [0.15, 0.2) is 42.5 Å². The number of rotatable bonds is 3. The molecule has 0 aromatic heterocycles. The Morgan fingerprint density at radius 3 is 2.33 bits per heavy atom. The van der Waals surface area contributed by atoms with E-state index in [1.807, 2.05) is 12.1 Å². The monoisotopic (exact) mass is 259 g/mol. The first-order chi connectivity index (χ1) is 8.61. The fourth-order valence-electron chi connectivity index (χ4n) is 1.99. The van der Waals surface area contributed by atoms with E-state index < -0.39 is 0 Å². The van der Waals surface area contributed by atoms with Gasteiger partial charge in [-0.3, -0.25) is 0 Å². The summed E-state index contributed by atoms with van der Waals surface area (Å²) in [5, 5.41) is 0.700. The molecule has 0 saturated carbocycles. The summed E-state index contributed by atoms with van der Waals surface area (Å²) in [7, 11) is 0. The molecule has 0 amide bonds. The van der Waals surface area contributed by atoms with Crippen LogP contribution in [0.25, 0.3) is 11.1 Å². The van der Waals surface area contributed by atoms with Gasteiger partial charge in [-0.2, -0.15) is 0 Å². The number of benzene rings is 2. The third-order valence-corrected chi connectivity index (χ3v) is 3.71. The zero-order valence-electron chi connectivity index (χ0n) is 10.8. The summed E-state index contributed by atoms with van der Waals surface area (Å²) in [6.45, 7) is 4.45. The second kappa shape index (κ2) is 5.45. The van der Waals surface area contributed by atoms with Crippen LogP contribution < -0.4 is 5.73 Å². The first-order valence-electron chi connectivity index (χ1n) is 6.27. The van der Waals surface area contributed by atoms with Gasteiger partial charge in [0.2, 0.25) is 0 Å². The highest BCUT2D eigenvalue weighted by molar-refractivity contribution is 6.33. The van der Waals surface area contributed by atoms with Crippen LogP contribution in [0.2, 0.25) is 5.02 Å². The molecule has 2 aromatic carbocycles. The number of anilines is 1. The Balaban J connectivity index is 2.34. The van der Waals surface area contributed by atoms with Crippen molar-refractivity contribution in [3.8, 4) is 11.1 Å². The van der Waals surface area contributed by atoms with Gasteiger partial charge < -0.3 is 5.73 Å². The van der Waals surface area contributed by atoms with Gasteiger partial charge in [0.1, 0.15) is 0 Å². The van der Waals surface area contributed by atoms with Gasteiger partial charge in [-0.05, 0) is 35.6 Å². The van der Waals surface area contributed by atoms with Gasteiger partial charge in [0, 0.05) is 11.3 Å². The highest BCUT2D eigenvalue weighted by atomic mass is 35.5. The maximum Gasteiger partial charge on any atom is 0.0504 e. The fourth-order valence-corrected chi connectivity index (χ4v) is 2.29. The normalized spacial score (nSPS) is 12.4. The second-order valence-electron chi connectivity index (χ2n) is 4.67. The Kier molecular flexibility index (Phi) is 3.93. The molecule has 2 heteroatoms. The van der Waals surface area contributed by atoms with Crippen LogP contribution in [0, 0.1) is 0 Å². The average Bonchev–Trinajstić information content (AvgIpc) is 2.38. The Morgan fingerprint density at radius 1 is 1.11 bits per heavy atom. The number of hydrogen-bond acceptors (Lipinski definition) is 1. The lowest BCUT2D eigenvalue weighted by molar-refractivity contribution is 0.734. The van der Waals surface area contributed by atoms with E-state index in [0.29, 0.717) is 16.6 Å². The number of hydrogen-bond donors (Lipinski definition) is 1. The predicted molar refractivity (Wildman–Crippen MR) is 80.0 cm³/mol. The van der Waals surface area contributed by atoms with Gasteiger partial charge in [0.05, 0.1) is 5.02 Å². The van der Waals surface area contributed by atoms with Crippen molar-refractivity contribution in [2.45, 2.75) is 26.2 Å². The molecule has 2 aromatic rings. The maximum atomic E-state index is 6.21. The highest BCUT2D eigenvalue weighted by Crippen LogP contribution is 2.30. The molecular formula is C16H18ClN. The molecule has 0 spiro atoms. The third-order valence-electron chi connectivity index (χ3n) is 3.40. The lowest BCUT2D eigenvalue weighted by Crippen LogP contribution is -1.91. The van der Waals surface area contributed by atoms with E-state index in [-0.39, 0.29) is 0 Å². The molecule has 1 nitrogen and oxygen atoms in total. The van der Waals surface area contributed by atoms with Crippen molar-refractivity contribution < 1.29 is 0 Å². The van der Waals surface area contributed by atoms with Crippen molar-refractivity contribution in [2.75, 3.05) is 5.73 Å². The van der Waals surface area contributed by atoms with Gasteiger partial charge in [-0.15, -0.1) is 0 Å². The van der Waals surface area contributed by atoms with Gasteiger partial charge >= 0.3 is 0 Å². The summed E-state index contributed by atoms with van der Waals surface area (Å²) >= 11 is 6.21. The van der Waals surface area contributed by atoms with Crippen LogP contribution in [-0.4, -0.2) is 0 Å². The van der Waals surface area contributed by atoms with E-state index in [1.54, 1.807) is 6.07 Å². The van der Waals surface area contributed by atoms with Crippen LogP contribution >= 0.6 is 11.6 Å². The zero-order valence-corrected chi connectivity index (χ0v) is 11.5.